The number of aliphatic hydroxyl groups is 1. The minimum absolute atomic E-state index is 0.0760. The minimum Gasteiger partial charge on any atom is -0.394 e. The Bertz CT molecular complexity index is 712. The van der Waals surface area contributed by atoms with Crippen molar-refractivity contribution in [2.24, 2.45) is 0 Å². The molecule has 120 valence electrons. The molecular weight excluding hydrogens is 288 g/mol. The van der Waals surface area contributed by atoms with E-state index in [-0.39, 0.29) is 18.6 Å². The highest BCUT2D eigenvalue weighted by molar-refractivity contribution is 5.96. The fourth-order valence-corrected chi connectivity index (χ4v) is 3.07. The lowest BCUT2D eigenvalue weighted by Crippen LogP contribution is -2.39. The number of aryl methyl sites for hydroxylation is 1. The average Bonchev–Trinajstić information content (AvgIpc) is 3.04. The summed E-state index contributed by atoms with van der Waals surface area (Å²) in [7, 11) is 0. The van der Waals surface area contributed by atoms with Gasteiger partial charge in [0.1, 0.15) is 0 Å². The summed E-state index contributed by atoms with van der Waals surface area (Å²) in [5.74, 6) is -0.113. The fraction of sp³-hybridized carbons (Fsp3) is 0.316. The Kier molecular flexibility index (Phi) is 4.74. The molecule has 0 spiro atoms. The number of nitrogens with one attached hydrogen (secondary N) is 2. The maximum atomic E-state index is 12.6. The molecule has 1 atom stereocenters. The predicted octanol–water partition coefficient (Wildman–Crippen LogP) is 1.93. The maximum Gasteiger partial charge on any atom is 0.251 e. The van der Waals surface area contributed by atoms with Gasteiger partial charge in [-0.25, -0.2) is 0 Å². The molecule has 1 heterocycles. The van der Waals surface area contributed by atoms with E-state index < -0.39 is 0 Å². The molecule has 1 aliphatic heterocycles. The first-order valence-electron chi connectivity index (χ1n) is 7.96. The van der Waals surface area contributed by atoms with Crippen molar-refractivity contribution in [2.45, 2.75) is 32.5 Å². The van der Waals surface area contributed by atoms with Crippen LogP contribution in [0.25, 0.3) is 0 Å². The van der Waals surface area contributed by atoms with Gasteiger partial charge >= 0.3 is 0 Å². The summed E-state index contributed by atoms with van der Waals surface area (Å²) in [5.41, 5.74) is 5.27. The third kappa shape index (κ3) is 3.44. The van der Waals surface area contributed by atoms with Gasteiger partial charge in [-0.1, -0.05) is 36.4 Å². The molecule has 0 bridgehead atoms. The van der Waals surface area contributed by atoms with Gasteiger partial charge in [-0.2, -0.15) is 0 Å². The minimum atomic E-state index is -0.284. The van der Waals surface area contributed by atoms with Gasteiger partial charge in [-0.15, -0.1) is 0 Å². The Hall–Kier alpha value is -2.17. The molecule has 2 aromatic rings. The Morgan fingerprint density at radius 2 is 2.04 bits per heavy atom. The Morgan fingerprint density at radius 1 is 1.22 bits per heavy atom. The van der Waals surface area contributed by atoms with Crippen LogP contribution in [0.4, 0.5) is 0 Å². The van der Waals surface area contributed by atoms with Gasteiger partial charge < -0.3 is 15.7 Å². The summed E-state index contributed by atoms with van der Waals surface area (Å²) in [4.78, 5) is 12.6. The molecule has 0 aromatic heterocycles. The van der Waals surface area contributed by atoms with Crippen molar-refractivity contribution < 1.29 is 9.90 Å². The molecule has 3 rings (SSSR count). The summed E-state index contributed by atoms with van der Waals surface area (Å²) >= 11 is 0. The highest BCUT2D eigenvalue weighted by Crippen LogP contribution is 2.20. The maximum absolute atomic E-state index is 12.6. The Labute approximate surface area is 136 Å². The van der Waals surface area contributed by atoms with Gasteiger partial charge in [0, 0.05) is 18.7 Å². The van der Waals surface area contributed by atoms with Crippen molar-refractivity contribution in [1.29, 1.82) is 0 Å². The second-order valence-electron chi connectivity index (χ2n) is 6.03. The fourth-order valence-electron chi connectivity index (χ4n) is 3.07. The van der Waals surface area contributed by atoms with E-state index >= 15 is 0 Å². The molecule has 0 radical (unpaired) electrons. The van der Waals surface area contributed by atoms with Crippen molar-refractivity contribution in [3.63, 3.8) is 0 Å². The monoisotopic (exact) mass is 310 g/mol. The van der Waals surface area contributed by atoms with Crippen LogP contribution >= 0.6 is 0 Å². The van der Waals surface area contributed by atoms with Crippen LogP contribution < -0.4 is 10.6 Å². The molecule has 1 amide bonds. The number of hydrogen-bond donors (Lipinski definition) is 3. The number of carbonyl (C=O) groups excluding carboxylic acids is 1. The molecule has 2 aromatic carbocycles. The van der Waals surface area contributed by atoms with Gasteiger partial charge in [0.25, 0.3) is 5.91 Å². The van der Waals surface area contributed by atoms with Gasteiger partial charge in [0.2, 0.25) is 0 Å². The molecule has 4 heteroatoms. The summed E-state index contributed by atoms with van der Waals surface area (Å²) in [6.07, 6.45) is 0.627. The molecular formula is C19H22N2O2. The van der Waals surface area contributed by atoms with Crippen LogP contribution in [0.2, 0.25) is 0 Å². The van der Waals surface area contributed by atoms with E-state index in [9.17, 15) is 9.90 Å². The Balaban J connectivity index is 1.73. The quantitative estimate of drug-likeness (QED) is 0.791. The number of fused-ring (bicyclic) bond motifs is 1. The van der Waals surface area contributed by atoms with E-state index in [2.05, 4.69) is 10.6 Å². The number of amides is 1. The second-order valence-corrected chi connectivity index (χ2v) is 6.03. The summed E-state index contributed by atoms with van der Waals surface area (Å²) in [5, 5.41) is 15.9. The van der Waals surface area contributed by atoms with Crippen molar-refractivity contribution in [1.82, 2.24) is 10.6 Å². The Morgan fingerprint density at radius 3 is 2.83 bits per heavy atom. The summed E-state index contributed by atoms with van der Waals surface area (Å²) in [6.45, 7) is 3.50. The van der Waals surface area contributed by atoms with Gasteiger partial charge in [-0.3, -0.25) is 4.79 Å². The van der Waals surface area contributed by atoms with Crippen molar-refractivity contribution in [3.8, 4) is 0 Å². The van der Waals surface area contributed by atoms with Gasteiger partial charge in [-0.05, 0) is 41.7 Å². The first-order chi connectivity index (χ1) is 11.2. The number of aliphatic hydroxyl groups excluding tert-OH is 1. The van der Waals surface area contributed by atoms with E-state index in [4.69, 9.17) is 0 Å². The second kappa shape index (κ2) is 6.94. The third-order valence-corrected chi connectivity index (χ3v) is 4.42. The van der Waals surface area contributed by atoms with Crippen LogP contribution in [-0.2, 0) is 19.5 Å². The van der Waals surface area contributed by atoms with Gasteiger partial charge in [0.05, 0.1) is 12.6 Å². The zero-order valence-electron chi connectivity index (χ0n) is 13.3. The lowest BCUT2D eigenvalue weighted by atomic mass is 10.00. The average molecular weight is 310 g/mol. The van der Waals surface area contributed by atoms with Crippen LogP contribution in [0, 0.1) is 6.92 Å². The molecule has 3 N–H and O–H groups in total. The van der Waals surface area contributed by atoms with Crippen LogP contribution in [0.15, 0.2) is 42.5 Å². The standard InChI is InChI=1S/C19H22N2O2/c1-13-5-2-3-6-14(13)9-16(12-22)21-19(23)17-8-4-7-15-10-20-11-18(15)17/h2-8,16,20,22H,9-12H2,1H3,(H,21,23). The van der Waals surface area contributed by atoms with Crippen LogP contribution in [-0.4, -0.2) is 23.7 Å². The lowest BCUT2D eigenvalue weighted by Gasteiger charge is -2.18. The number of carbonyl (C=O) groups is 1. The smallest absolute Gasteiger partial charge is 0.251 e. The van der Waals surface area contributed by atoms with Crippen molar-refractivity contribution in [2.75, 3.05) is 6.61 Å². The molecule has 0 fully saturated rings. The first kappa shape index (κ1) is 15.7. The molecule has 0 saturated carbocycles. The van der Waals surface area contributed by atoms with E-state index in [1.165, 1.54) is 11.1 Å². The van der Waals surface area contributed by atoms with Gasteiger partial charge in [0.15, 0.2) is 0 Å². The lowest BCUT2D eigenvalue weighted by molar-refractivity contribution is 0.0915. The van der Waals surface area contributed by atoms with Crippen LogP contribution in [0.3, 0.4) is 0 Å². The zero-order valence-corrected chi connectivity index (χ0v) is 13.3. The highest BCUT2D eigenvalue weighted by atomic mass is 16.3. The number of rotatable bonds is 5. The molecule has 1 unspecified atom stereocenters. The molecule has 4 nitrogen and oxygen atoms in total. The van der Waals surface area contributed by atoms with E-state index in [1.54, 1.807) is 0 Å². The molecule has 0 aliphatic carbocycles. The number of hydrogen-bond acceptors (Lipinski definition) is 3. The topological polar surface area (TPSA) is 61.4 Å². The van der Waals surface area contributed by atoms with Crippen molar-refractivity contribution in [3.05, 3.63) is 70.3 Å². The van der Waals surface area contributed by atoms with E-state index in [1.807, 2.05) is 49.4 Å². The van der Waals surface area contributed by atoms with E-state index in [0.29, 0.717) is 12.0 Å². The molecule has 23 heavy (non-hydrogen) atoms. The molecule has 0 saturated heterocycles. The normalized spacial score (nSPS) is 14.3. The summed E-state index contributed by atoms with van der Waals surface area (Å²) < 4.78 is 0. The summed E-state index contributed by atoms with van der Waals surface area (Å²) in [6, 6.07) is 13.6. The van der Waals surface area contributed by atoms with E-state index in [0.717, 1.165) is 24.2 Å². The van der Waals surface area contributed by atoms with Crippen LogP contribution in [0.5, 0.6) is 0 Å². The number of benzene rings is 2. The van der Waals surface area contributed by atoms with Crippen LogP contribution in [0.1, 0.15) is 32.6 Å². The largest absolute Gasteiger partial charge is 0.394 e. The third-order valence-electron chi connectivity index (χ3n) is 4.42. The zero-order chi connectivity index (χ0) is 16.2. The first-order valence-corrected chi connectivity index (χ1v) is 7.96. The SMILES string of the molecule is Cc1ccccc1CC(CO)NC(=O)c1cccc2c1CNC2. The predicted molar refractivity (Wildman–Crippen MR) is 90.2 cm³/mol. The van der Waals surface area contributed by atoms with Crippen molar-refractivity contribution >= 4 is 5.91 Å². The molecule has 1 aliphatic rings. The highest BCUT2D eigenvalue weighted by Gasteiger charge is 2.20.